The van der Waals surface area contributed by atoms with Gasteiger partial charge in [-0.1, -0.05) is 13.3 Å². The summed E-state index contributed by atoms with van der Waals surface area (Å²) in [5, 5.41) is 3.66. The predicted octanol–water partition coefficient (Wildman–Crippen LogP) is 4.53. The van der Waals surface area contributed by atoms with Crippen molar-refractivity contribution in [2.24, 2.45) is 5.92 Å². The molecule has 0 aromatic carbocycles. The molecular formula is C27H41N3O7S3. The third-order valence-electron chi connectivity index (χ3n) is 6.60. The molecule has 0 saturated carbocycles. The summed E-state index contributed by atoms with van der Waals surface area (Å²) in [5.74, 6) is -0.664. The van der Waals surface area contributed by atoms with E-state index in [1.165, 1.54) is 23.3 Å². The summed E-state index contributed by atoms with van der Waals surface area (Å²) in [5.41, 5.74) is -0.486. The fraction of sp³-hybridized carbons (Fsp3) is 0.667. The number of hydrogen-bond donors (Lipinski definition) is 2. The van der Waals surface area contributed by atoms with Gasteiger partial charge >= 0.3 is 12.1 Å². The monoisotopic (exact) mass is 615 g/mol. The number of amides is 2. The summed E-state index contributed by atoms with van der Waals surface area (Å²) in [6.45, 7) is 8.73. The van der Waals surface area contributed by atoms with Gasteiger partial charge in [-0.2, -0.15) is 4.72 Å². The van der Waals surface area contributed by atoms with Crippen molar-refractivity contribution in [1.29, 1.82) is 0 Å². The molecule has 1 fully saturated rings. The number of sulfonamides is 1. The Morgan fingerprint density at radius 2 is 1.85 bits per heavy atom. The summed E-state index contributed by atoms with van der Waals surface area (Å²) < 4.78 is 38.1. The molecule has 10 nitrogen and oxygen atoms in total. The maximum Gasteiger partial charge on any atom is 0.410 e. The zero-order valence-electron chi connectivity index (χ0n) is 23.9. The molecule has 3 heterocycles. The lowest BCUT2D eigenvalue weighted by molar-refractivity contribution is -0.142. The number of hydrogen-bond acceptors (Lipinski definition) is 9. The quantitative estimate of drug-likeness (QED) is 0.336. The molecule has 40 heavy (non-hydrogen) atoms. The molecule has 0 spiro atoms. The Kier molecular flexibility index (Phi) is 11.4. The summed E-state index contributed by atoms with van der Waals surface area (Å²) in [6.07, 6.45) is 4.85. The highest BCUT2D eigenvalue weighted by molar-refractivity contribution is 7.89. The lowest BCUT2D eigenvalue weighted by Crippen LogP contribution is -2.49. The van der Waals surface area contributed by atoms with Gasteiger partial charge in [-0.3, -0.25) is 9.59 Å². The van der Waals surface area contributed by atoms with E-state index in [0.717, 1.165) is 35.1 Å². The van der Waals surface area contributed by atoms with E-state index in [4.69, 9.17) is 9.47 Å². The first kappa shape index (κ1) is 32.3. The van der Waals surface area contributed by atoms with Gasteiger partial charge in [-0.05, 0) is 70.9 Å². The maximum atomic E-state index is 12.8. The zero-order chi connectivity index (χ0) is 29.5. The normalized spacial score (nSPS) is 15.7. The first-order valence-corrected chi connectivity index (χ1v) is 16.9. The lowest BCUT2D eigenvalue weighted by Gasteiger charge is -2.33. The van der Waals surface area contributed by atoms with Gasteiger partial charge in [-0.25, -0.2) is 13.2 Å². The van der Waals surface area contributed by atoms with Crippen LogP contribution in [0, 0.1) is 5.92 Å². The summed E-state index contributed by atoms with van der Waals surface area (Å²) in [7, 11) is -2.50. The third kappa shape index (κ3) is 9.71. The largest absolute Gasteiger partial charge is 0.468 e. The van der Waals surface area contributed by atoms with Gasteiger partial charge in [0.05, 0.1) is 21.8 Å². The molecule has 0 aliphatic carbocycles. The van der Waals surface area contributed by atoms with E-state index in [1.54, 1.807) is 16.2 Å². The number of ether oxygens (including phenoxy) is 2. The van der Waals surface area contributed by atoms with Crippen molar-refractivity contribution in [3.8, 4) is 0 Å². The number of nitrogens with zero attached hydrogens (tertiary/aromatic N) is 1. The van der Waals surface area contributed by atoms with E-state index in [9.17, 15) is 22.8 Å². The van der Waals surface area contributed by atoms with Crippen LogP contribution >= 0.6 is 22.7 Å². The number of fused-ring (bicyclic) bond motifs is 1. The Balaban J connectivity index is 1.49. The summed E-state index contributed by atoms with van der Waals surface area (Å²) in [6, 6.07) is 2.75. The van der Waals surface area contributed by atoms with Crippen molar-refractivity contribution >= 4 is 60.1 Å². The first-order chi connectivity index (χ1) is 18.8. The van der Waals surface area contributed by atoms with Gasteiger partial charge < -0.3 is 19.7 Å². The number of likely N-dealkylation sites (tertiary alicyclic amines) is 1. The first-order valence-electron chi connectivity index (χ1n) is 13.7. The molecule has 0 radical (unpaired) electrons. The average molecular weight is 616 g/mol. The van der Waals surface area contributed by atoms with Gasteiger partial charge in [0.25, 0.3) is 5.91 Å². The Hall–Kier alpha value is -2.22. The van der Waals surface area contributed by atoms with Crippen molar-refractivity contribution in [1.82, 2.24) is 14.9 Å². The maximum absolute atomic E-state index is 12.8. The van der Waals surface area contributed by atoms with Crippen LogP contribution < -0.4 is 10.0 Å². The molecule has 2 aromatic rings. The lowest BCUT2D eigenvalue weighted by atomic mass is 9.92. The number of unbranched alkanes of at least 4 members (excludes halogenated alkanes) is 1. The number of nitrogens with one attached hydrogen (secondary N) is 2. The highest BCUT2D eigenvalue weighted by Gasteiger charge is 2.28. The molecule has 0 unspecified atom stereocenters. The highest BCUT2D eigenvalue weighted by Crippen LogP contribution is 2.35. The van der Waals surface area contributed by atoms with Crippen LogP contribution in [0.5, 0.6) is 0 Å². The van der Waals surface area contributed by atoms with E-state index in [-0.39, 0.29) is 24.3 Å². The van der Waals surface area contributed by atoms with E-state index in [1.807, 2.05) is 33.8 Å². The van der Waals surface area contributed by atoms with Crippen molar-refractivity contribution in [3.63, 3.8) is 0 Å². The van der Waals surface area contributed by atoms with Gasteiger partial charge in [0.2, 0.25) is 10.0 Å². The number of carbonyl (C=O) groups excluding carboxylic acids is 3. The Labute approximate surface area is 244 Å². The predicted molar refractivity (Wildman–Crippen MR) is 159 cm³/mol. The summed E-state index contributed by atoms with van der Waals surface area (Å²) >= 11 is 3.05. The van der Waals surface area contributed by atoms with E-state index in [2.05, 4.69) is 16.1 Å². The van der Waals surface area contributed by atoms with Crippen molar-refractivity contribution in [3.05, 3.63) is 21.9 Å². The second-order valence-electron chi connectivity index (χ2n) is 11.1. The number of methoxy groups -OCH3 is 1. The van der Waals surface area contributed by atoms with Gasteiger partial charge in [0.15, 0.2) is 0 Å². The standard InChI is InChI=1S/C27H41N3O7S3/c1-6-7-14-40(34,35)29-21(24(32)36-5)17-28-23(31)22-16-19-15-20(38-25(19)39-22)9-8-18-10-12-30(13-11-18)26(33)37-27(2,3)4/h15-16,18,21,29H,6-14,17H2,1-5H3,(H,28,31)/t21-/m0/s1. The molecule has 224 valence electrons. The highest BCUT2D eigenvalue weighted by atomic mass is 32.2. The minimum absolute atomic E-state index is 0.0975. The Bertz CT molecular complexity index is 1240. The Morgan fingerprint density at radius 3 is 2.45 bits per heavy atom. The molecule has 13 heteroatoms. The molecular weight excluding hydrogens is 575 g/mol. The smallest absolute Gasteiger partial charge is 0.410 e. The van der Waals surface area contributed by atoms with Crippen LogP contribution in [0.25, 0.3) is 9.40 Å². The van der Waals surface area contributed by atoms with Crippen LogP contribution in [-0.4, -0.2) is 75.4 Å². The molecule has 1 saturated heterocycles. The van der Waals surface area contributed by atoms with Crippen molar-refractivity contribution in [2.45, 2.75) is 77.9 Å². The van der Waals surface area contributed by atoms with Gasteiger partial charge in [0, 0.05) is 29.9 Å². The molecule has 3 rings (SSSR count). The Morgan fingerprint density at radius 1 is 1.15 bits per heavy atom. The minimum Gasteiger partial charge on any atom is -0.468 e. The number of carbonyl (C=O) groups is 3. The number of esters is 1. The molecule has 0 bridgehead atoms. The van der Waals surface area contributed by atoms with Gasteiger partial charge in [0.1, 0.15) is 11.6 Å². The van der Waals surface area contributed by atoms with Crippen LogP contribution in [-0.2, 0) is 30.7 Å². The van der Waals surface area contributed by atoms with Crippen molar-refractivity contribution in [2.75, 3.05) is 32.5 Å². The molecule has 2 aromatic heterocycles. The number of piperidine rings is 1. The molecule has 1 aliphatic heterocycles. The molecule has 2 N–H and O–H groups in total. The van der Waals surface area contributed by atoms with E-state index in [0.29, 0.717) is 36.7 Å². The second-order valence-corrected chi connectivity index (χ2v) is 15.4. The molecule has 1 aliphatic rings. The van der Waals surface area contributed by atoms with Crippen LogP contribution in [0.2, 0.25) is 0 Å². The fourth-order valence-electron chi connectivity index (χ4n) is 4.41. The fourth-order valence-corrected chi connectivity index (χ4v) is 8.23. The topological polar surface area (TPSA) is 131 Å². The summed E-state index contributed by atoms with van der Waals surface area (Å²) in [4.78, 5) is 40.7. The molecule has 1 atom stereocenters. The van der Waals surface area contributed by atoms with Crippen LogP contribution in [0.1, 0.15) is 74.3 Å². The van der Waals surface area contributed by atoms with Crippen molar-refractivity contribution < 1.29 is 32.3 Å². The number of aryl methyl sites for hydroxylation is 1. The molecule has 2 amide bonds. The average Bonchev–Trinajstić information content (AvgIpc) is 3.46. The zero-order valence-corrected chi connectivity index (χ0v) is 26.4. The second kappa shape index (κ2) is 14.1. The number of rotatable bonds is 12. The minimum atomic E-state index is -3.67. The van der Waals surface area contributed by atoms with Crippen LogP contribution in [0.4, 0.5) is 4.79 Å². The van der Waals surface area contributed by atoms with Crippen LogP contribution in [0.3, 0.4) is 0 Å². The SMILES string of the molecule is CCCCS(=O)(=O)N[C@@H](CNC(=O)c1cc2cc(CCC3CCN(C(=O)OC(C)(C)C)CC3)sc2s1)C(=O)OC. The third-order valence-corrected chi connectivity index (χ3v) is 10.5. The van der Waals surface area contributed by atoms with Crippen LogP contribution in [0.15, 0.2) is 12.1 Å². The number of thiophene rings is 2. The van der Waals surface area contributed by atoms with Gasteiger partial charge in [-0.15, -0.1) is 22.7 Å². The van der Waals surface area contributed by atoms with E-state index >= 15 is 0 Å². The van der Waals surface area contributed by atoms with E-state index < -0.39 is 27.6 Å².